The summed E-state index contributed by atoms with van der Waals surface area (Å²) in [6.45, 7) is 2.26. The van der Waals surface area contributed by atoms with Crippen molar-refractivity contribution in [3.63, 3.8) is 0 Å². The van der Waals surface area contributed by atoms with Crippen LogP contribution in [-0.4, -0.2) is 20.7 Å². The molecule has 162 valence electrons. The highest BCUT2D eigenvalue weighted by molar-refractivity contribution is 7.71. The lowest BCUT2D eigenvalue weighted by molar-refractivity contribution is -0.116. The number of H-pyrrole nitrogens is 1. The van der Waals surface area contributed by atoms with Crippen molar-refractivity contribution in [3.05, 3.63) is 94.5 Å². The largest absolute Gasteiger partial charge is 0.489 e. The summed E-state index contributed by atoms with van der Waals surface area (Å²) >= 11 is 5.32. The lowest BCUT2D eigenvalue weighted by atomic mass is 10.1. The summed E-state index contributed by atoms with van der Waals surface area (Å²) in [5.74, 6) is 0.453. The van der Waals surface area contributed by atoms with Crippen LogP contribution in [0.4, 0.5) is 10.1 Å². The number of hydrogen-bond donors (Lipinski definition) is 2. The molecule has 0 bridgehead atoms. The van der Waals surface area contributed by atoms with Crippen LogP contribution in [0.3, 0.4) is 0 Å². The smallest absolute Gasteiger partial charge is 0.244 e. The number of aromatic amines is 1. The van der Waals surface area contributed by atoms with Gasteiger partial charge in [0, 0.05) is 17.3 Å². The Bertz CT molecular complexity index is 1320. The Labute approximate surface area is 189 Å². The van der Waals surface area contributed by atoms with Gasteiger partial charge in [-0.15, -0.1) is 0 Å². The zero-order valence-electron chi connectivity index (χ0n) is 17.3. The summed E-state index contributed by atoms with van der Waals surface area (Å²) in [6, 6.07) is 21.1. The summed E-state index contributed by atoms with van der Waals surface area (Å²) in [5.41, 5.74) is 3.43. The number of nitrogens with zero attached hydrogens (tertiary/aromatic N) is 2. The summed E-state index contributed by atoms with van der Waals surface area (Å²) in [6.07, 6.45) is 0. The van der Waals surface area contributed by atoms with E-state index in [1.807, 2.05) is 49.4 Å². The molecule has 0 aliphatic rings. The van der Waals surface area contributed by atoms with Gasteiger partial charge in [-0.25, -0.2) is 4.39 Å². The maximum atomic E-state index is 13.3. The van der Waals surface area contributed by atoms with Crippen molar-refractivity contribution in [1.29, 1.82) is 0 Å². The second-order valence-corrected chi connectivity index (χ2v) is 7.69. The molecule has 8 heteroatoms. The first-order chi connectivity index (χ1) is 15.5. The summed E-state index contributed by atoms with van der Waals surface area (Å²) in [5, 5.41) is 9.93. The standard InChI is InChI=1S/C24H21FN4O2S/c1-16-5-2-7-18(11-16)23-27-28-24(32)29(23)14-22(30)26-20-9-3-6-17(12-20)15-31-21-10-4-8-19(25)13-21/h2-13H,14-15H2,1H3,(H,26,30)(H,28,32). The van der Waals surface area contributed by atoms with Crippen LogP contribution in [-0.2, 0) is 17.9 Å². The van der Waals surface area contributed by atoms with Gasteiger partial charge in [-0.3, -0.25) is 14.5 Å². The molecule has 1 amide bonds. The Balaban J connectivity index is 1.43. The second kappa shape index (κ2) is 9.57. The van der Waals surface area contributed by atoms with Gasteiger partial charge in [0.25, 0.3) is 0 Å². The molecule has 1 aromatic heterocycles. The average molecular weight is 449 g/mol. The van der Waals surface area contributed by atoms with Crippen LogP contribution in [0.1, 0.15) is 11.1 Å². The maximum absolute atomic E-state index is 13.3. The summed E-state index contributed by atoms with van der Waals surface area (Å²) in [7, 11) is 0. The SMILES string of the molecule is Cc1cccc(-c2n[nH]c(=S)n2CC(=O)Nc2cccc(COc3cccc(F)c3)c2)c1. The first-order valence-corrected chi connectivity index (χ1v) is 10.4. The van der Waals surface area contributed by atoms with Crippen LogP contribution in [0.2, 0.25) is 0 Å². The molecule has 1 heterocycles. The second-order valence-electron chi connectivity index (χ2n) is 7.30. The molecule has 0 unspecified atom stereocenters. The van der Waals surface area contributed by atoms with E-state index in [1.165, 1.54) is 12.1 Å². The first kappa shape index (κ1) is 21.5. The molecule has 32 heavy (non-hydrogen) atoms. The fraction of sp³-hybridized carbons (Fsp3) is 0.125. The van der Waals surface area contributed by atoms with Crippen molar-refractivity contribution in [2.75, 3.05) is 5.32 Å². The average Bonchev–Trinajstić information content (AvgIpc) is 3.12. The first-order valence-electron chi connectivity index (χ1n) is 9.97. The number of aryl methyl sites for hydroxylation is 1. The minimum atomic E-state index is -0.355. The van der Waals surface area contributed by atoms with E-state index in [9.17, 15) is 9.18 Å². The quantitative estimate of drug-likeness (QED) is 0.378. The minimum absolute atomic E-state index is 0.0165. The van der Waals surface area contributed by atoms with Crippen molar-refractivity contribution < 1.29 is 13.9 Å². The van der Waals surface area contributed by atoms with Crippen LogP contribution in [0.5, 0.6) is 5.75 Å². The Morgan fingerprint density at radius 2 is 1.94 bits per heavy atom. The molecule has 0 saturated carbocycles. The predicted molar refractivity (Wildman–Crippen MR) is 123 cm³/mol. The lowest BCUT2D eigenvalue weighted by Crippen LogP contribution is -2.19. The van der Waals surface area contributed by atoms with Crippen LogP contribution >= 0.6 is 12.2 Å². The number of carbonyl (C=O) groups is 1. The van der Waals surface area contributed by atoms with Crippen molar-refractivity contribution in [2.45, 2.75) is 20.1 Å². The molecule has 0 fully saturated rings. The van der Waals surface area contributed by atoms with Gasteiger partial charge in [-0.1, -0.05) is 42.0 Å². The highest BCUT2D eigenvalue weighted by Crippen LogP contribution is 2.19. The molecule has 0 aliphatic carbocycles. The van der Waals surface area contributed by atoms with Crippen molar-refractivity contribution in [3.8, 4) is 17.1 Å². The molecule has 0 radical (unpaired) electrons. The number of aromatic nitrogens is 3. The third-order valence-corrected chi connectivity index (χ3v) is 5.06. The highest BCUT2D eigenvalue weighted by Gasteiger charge is 2.13. The molecule has 6 nitrogen and oxygen atoms in total. The summed E-state index contributed by atoms with van der Waals surface area (Å²) in [4.78, 5) is 12.7. The van der Waals surface area contributed by atoms with Gasteiger partial charge in [-0.05, 0) is 55.0 Å². The van der Waals surface area contributed by atoms with Gasteiger partial charge < -0.3 is 10.1 Å². The third kappa shape index (κ3) is 5.28. The molecular formula is C24H21FN4O2S. The lowest BCUT2D eigenvalue weighted by Gasteiger charge is -2.11. The molecule has 0 spiro atoms. The van der Waals surface area contributed by atoms with E-state index in [2.05, 4.69) is 15.5 Å². The van der Waals surface area contributed by atoms with Gasteiger partial charge in [-0.2, -0.15) is 5.10 Å². The van der Waals surface area contributed by atoms with Crippen molar-refractivity contribution in [1.82, 2.24) is 14.8 Å². The van der Waals surface area contributed by atoms with Crippen molar-refractivity contribution >= 4 is 23.8 Å². The Morgan fingerprint density at radius 1 is 1.12 bits per heavy atom. The zero-order chi connectivity index (χ0) is 22.5. The number of rotatable bonds is 7. The van der Waals surface area contributed by atoms with Crippen LogP contribution in [0, 0.1) is 17.5 Å². The summed E-state index contributed by atoms with van der Waals surface area (Å²) < 4.78 is 21.0. The fourth-order valence-corrected chi connectivity index (χ4v) is 3.47. The third-order valence-electron chi connectivity index (χ3n) is 4.75. The highest BCUT2D eigenvalue weighted by atomic mass is 32.1. The maximum Gasteiger partial charge on any atom is 0.244 e. The van der Waals surface area contributed by atoms with Gasteiger partial charge >= 0.3 is 0 Å². The van der Waals surface area contributed by atoms with E-state index < -0.39 is 0 Å². The van der Waals surface area contributed by atoms with E-state index in [-0.39, 0.29) is 24.9 Å². The molecule has 3 aromatic carbocycles. The molecule has 4 rings (SSSR count). The number of amides is 1. The molecule has 0 aliphatic heterocycles. The Morgan fingerprint density at radius 3 is 2.75 bits per heavy atom. The topological polar surface area (TPSA) is 71.9 Å². The van der Waals surface area contributed by atoms with E-state index >= 15 is 0 Å². The normalized spacial score (nSPS) is 10.7. The number of hydrogen-bond acceptors (Lipinski definition) is 4. The van der Waals surface area contributed by atoms with Crippen LogP contribution < -0.4 is 10.1 Å². The van der Waals surface area contributed by atoms with Gasteiger partial charge in [0.15, 0.2) is 10.6 Å². The van der Waals surface area contributed by atoms with E-state index in [4.69, 9.17) is 17.0 Å². The van der Waals surface area contributed by atoms with Gasteiger partial charge in [0.2, 0.25) is 5.91 Å². The van der Waals surface area contributed by atoms with E-state index in [0.29, 0.717) is 22.0 Å². The number of carbonyl (C=O) groups excluding carboxylic acids is 1. The monoisotopic (exact) mass is 448 g/mol. The Hall–Kier alpha value is -3.78. The number of anilines is 1. The fourth-order valence-electron chi connectivity index (χ4n) is 3.28. The van der Waals surface area contributed by atoms with E-state index in [1.54, 1.807) is 22.8 Å². The Kier molecular flexibility index (Phi) is 6.42. The number of nitrogens with one attached hydrogen (secondary N) is 2. The van der Waals surface area contributed by atoms with Crippen LogP contribution in [0.25, 0.3) is 11.4 Å². The van der Waals surface area contributed by atoms with Crippen LogP contribution in [0.15, 0.2) is 72.8 Å². The zero-order valence-corrected chi connectivity index (χ0v) is 18.2. The number of ether oxygens (including phenoxy) is 1. The molecule has 0 atom stereocenters. The van der Waals surface area contributed by atoms with Gasteiger partial charge in [0.1, 0.15) is 24.7 Å². The number of halogens is 1. The molecule has 0 saturated heterocycles. The van der Waals surface area contributed by atoms with E-state index in [0.717, 1.165) is 16.7 Å². The molecule has 2 N–H and O–H groups in total. The predicted octanol–water partition coefficient (Wildman–Crippen LogP) is 5.27. The molecular weight excluding hydrogens is 427 g/mol. The minimum Gasteiger partial charge on any atom is -0.489 e. The number of benzene rings is 3. The molecule has 4 aromatic rings. The van der Waals surface area contributed by atoms with Crippen molar-refractivity contribution in [2.24, 2.45) is 0 Å². The van der Waals surface area contributed by atoms with Gasteiger partial charge in [0.05, 0.1) is 0 Å².